The van der Waals surface area contributed by atoms with Gasteiger partial charge >= 0.3 is 35.8 Å². The van der Waals surface area contributed by atoms with Crippen molar-refractivity contribution in [3.05, 3.63) is 209 Å². The van der Waals surface area contributed by atoms with Crippen LogP contribution in [0, 0.1) is 140 Å². The molecule has 0 amide bonds. The Morgan fingerprint density at radius 1 is 0.173 bits per heavy atom. The number of esters is 6. The second kappa shape index (κ2) is 53.6. The van der Waals surface area contributed by atoms with Gasteiger partial charge in [0, 0.05) is 0 Å². The van der Waals surface area contributed by atoms with E-state index in [9.17, 15) is 28.8 Å². The summed E-state index contributed by atoms with van der Waals surface area (Å²) in [6.45, 7) is 18.2. The summed E-state index contributed by atoms with van der Waals surface area (Å²) in [4.78, 5) is 89.3. The van der Waals surface area contributed by atoms with Crippen LogP contribution in [0.15, 0.2) is 36.4 Å². The molecule has 10 aromatic rings. The molecule has 0 N–H and O–H groups in total. The van der Waals surface area contributed by atoms with Gasteiger partial charge < -0.3 is 56.8 Å². The lowest BCUT2D eigenvalue weighted by molar-refractivity contribution is 0.0667. The minimum Gasteiger partial charge on any atom is -0.485 e. The molecule has 6 atom stereocenters. The third-order valence-electron chi connectivity index (χ3n) is 24.6. The number of hydrogen-bond donors (Lipinski definition) is 0. The maximum Gasteiger partial charge on any atom is 0.349 e. The highest BCUT2D eigenvalue weighted by atomic mass is 19.2. The van der Waals surface area contributed by atoms with E-state index in [-0.39, 0.29) is 74.9 Å². The van der Waals surface area contributed by atoms with Gasteiger partial charge in [-0.2, -0.15) is 52.7 Å². The minimum atomic E-state index is -2.73. The third kappa shape index (κ3) is 27.1. The fourth-order valence-electron chi connectivity index (χ4n) is 16.5. The highest BCUT2D eigenvalue weighted by Gasteiger charge is 2.43. The zero-order chi connectivity index (χ0) is 111. The van der Waals surface area contributed by atoms with Gasteiger partial charge in [0.25, 0.3) is 0 Å². The number of ether oxygens (including phenoxy) is 12. The van der Waals surface area contributed by atoms with Gasteiger partial charge in [-0.25, -0.2) is 81.5 Å². The van der Waals surface area contributed by atoms with Crippen molar-refractivity contribution in [1.29, 1.82) is 0 Å². The lowest BCUT2D eigenvalue weighted by atomic mass is 9.93. The summed E-state index contributed by atoms with van der Waals surface area (Å²) in [5, 5.41) is -7.13. The van der Waals surface area contributed by atoms with E-state index in [0.29, 0.717) is 154 Å². The van der Waals surface area contributed by atoms with Gasteiger partial charge in [0.1, 0.15) is 33.4 Å². The molecular weight excluding hydrogens is 2040 g/mol. The molecule has 0 aliphatic rings. The molecule has 0 fully saturated rings. The van der Waals surface area contributed by atoms with Crippen LogP contribution in [-0.4, -0.2) is 72.4 Å². The smallest absolute Gasteiger partial charge is 0.349 e. The molecule has 0 aliphatic carbocycles. The molecule has 0 saturated carbocycles. The number of hydrogen-bond acceptors (Lipinski definition) is 18. The molecule has 10 rings (SSSR count). The summed E-state index contributed by atoms with van der Waals surface area (Å²) >= 11 is 0. The second-order valence-electron chi connectivity index (χ2n) is 36.3. The Balaban J connectivity index is 1.37. The summed E-state index contributed by atoms with van der Waals surface area (Å²) in [6, 6.07) is 0.764. The van der Waals surface area contributed by atoms with E-state index in [2.05, 4.69) is 0 Å². The predicted octanol–water partition coefficient (Wildman–Crippen LogP) is 32.2. The van der Waals surface area contributed by atoms with Crippen molar-refractivity contribution >= 4 is 68.1 Å². The topological polar surface area (TPSA) is 213 Å². The standard InChI is InChI=1S/C108H108F24O18/c1-13-19-25-31-37-49(7)139-97-85(121)73(109)67(74(110)86(97)122)103(133)145-61-43-55-56(44-62(61)146-104(134)68-75(111)87(123)98(88(124)76(68)112)140-50(8)38-32-26-20-14-2)58-46-64(148-106(136)70-79(115)91(127)100(92(128)80(70)116)142-52(10)40-34-28-22-16-4)66(150-108(138)72-83(119)95(131)102(96(132)84(72)120)144-54(12)42-36-30-24-18-6)48-60(58)59-47-65(149-107(137)71-81(117)93(129)101(94(130)82(71)118)143-53(11)41-35-29-23-17-5)63(45-57(55)59)147-105(135)69-77(113)89(125)99(90(126)78(69)114)141-51(9)39-33-27-21-15-3/h43-54H,13-42H2,1-12H3. The highest BCUT2D eigenvalue weighted by molar-refractivity contribution is 6.27. The van der Waals surface area contributed by atoms with E-state index >= 15 is 105 Å². The number of rotatable bonds is 54. The van der Waals surface area contributed by atoms with Crippen molar-refractivity contribution in [2.24, 2.45) is 0 Å². The van der Waals surface area contributed by atoms with Crippen LogP contribution in [0.3, 0.4) is 0 Å². The average molecular weight is 2150 g/mol. The molecular formula is C108H108F24O18. The predicted molar refractivity (Wildman–Crippen MR) is 499 cm³/mol. The van der Waals surface area contributed by atoms with E-state index < -0.39 is 347 Å². The van der Waals surface area contributed by atoms with Crippen molar-refractivity contribution in [1.82, 2.24) is 0 Å². The number of carbonyl (C=O) groups is 6. The van der Waals surface area contributed by atoms with E-state index in [1.54, 1.807) is 0 Å². The first-order valence-corrected chi connectivity index (χ1v) is 49.2. The molecule has 42 heteroatoms. The molecule has 6 unspecified atom stereocenters. The molecule has 0 radical (unpaired) electrons. The van der Waals surface area contributed by atoms with E-state index in [4.69, 9.17) is 56.8 Å². The van der Waals surface area contributed by atoms with Crippen molar-refractivity contribution < 1.29 is 191 Å². The van der Waals surface area contributed by atoms with Crippen LogP contribution in [0.1, 0.15) is 338 Å². The molecule has 18 nitrogen and oxygen atoms in total. The molecule has 816 valence electrons. The number of fused-ring (bicyclic) bond motifs is 6. The Bertz CT molecular complexity index is 5470. The number of carbonyl (C=O) groups excluding carboxylic acids is 6. The van der Waals surface area contributed by atoms with Crippen LogP contribution < -0.4 is 56.8 Å². The first kappa shape index (κ1) is 119. The Kier molecular flexibility index (Phi) is 42.4. The van der Waals surface area contributed by atoms with E-state index in [1.165, 1.54) is 41.5 Å². The zero-order valence-corrected chi connectivity index (χ0v) is 83.6. The van der Waals surface area contributed by atoms with Crippen molar-refractivity contribution in [3.63, 3.8) is 0 Å². The van der Waals surface area contributed by atoms with Crippen molar-refractivity contribution in [2.75, 3.05) is 0 Å². The van der Waals surface area contributed by atoms with Crippen LogP contribution in [0.4, 0.5) is 105 Å². The maximum absolute atomic E-state index is 16.9. The summed E-state index contributed by atoms with van der Waals surface area (Å²) in [6.07, 6.45) is 4.89. The zero-order valence-electron chi connectivity index (χ0n) is 83.6. The first-order valence-electron chi connectivity index (χ1n) is 49.2. The van der Waals surface area contributed by atoms with E-state index in [1.807, 2.05) is 41.5 Å². The van der Waals surface area contributed by atoms with Crippen LogP contribution in [0.2, 0.25) is 0 Å². The normalized spacial score (nSPS) is 12.8. The van der Waals surface area contributed by atoms with Gasteiger partial charge in [0.15, 0.2) is 139 Å². The molecule has 0 spiro atoms. The molecule has 0 bridgehead atoms. The SMILES string of the molecule is CCCCCCC(C)Oc1c(F)c(F)c(C(=O)Oc2cc3c4cc(OC(=O)c5c(F)c(F)c(OC(C)CCCCCC)c(F)c5F)c(OC(=O)c5c(F)c(F)c(OC(C)CCCCCC)c(F)c5F)cc4c4cc(OC(=O)c5c(F)c(F)c(OC(C)CCCCCC)c(F)c5F)c(OC(=O)c5c(F)c(F)c(OC(C)CCCCCC)c(F)c5F)cc4c3cc2OC(=O)c2c(F)c(F)c(OC(C)CCCCCC)c(F)c2F)c(F)c1F. The fourth-order valence-corrected chi connectivity index (χ4v) is 16.5. The average Bonchev–Trinajstić information content (AvgIpc) is 0.714. The van der Waals surface area contributed by atoms with Gasteiger partial charge in [0.05, 0.1) is 36.6 Å². The van der Waals surface area contributed by atoms with Gasteiger partial charge in [-0.05, 0) is 187 Å². The summed E-state index contributed by atoms with van der Waals surface area (Å²) in [5.74, 6) is -101. The van der Waals surface area contributed by atoms with Crippen LogP contribution in [0.25, 0.3) is 32.3 Å². The maximum atomic E-state index is 16.9. The molecule has 150 heavy (non-hydrogen) atoms. The molecule has 10 aromatic carbocycles. The Morgan fingerprint density at radius 2 is 0.280 bits per heavy atom. The molecule has 0 aliphatic heterocycles. The number of benzene rings is 10. The second-order valence-corrected chi connectivity index (χ2v) is 36.3. The minimum absolute atomic E-state index is 0.0327. The van der Waals surface area contributed by atoms with Crippen molar-refractivity contribution in [3.8, 4) is 69.0 Å². The monoisotopic (exact) mass is 2150 g/mol. The summed E-state index contributed by atoms with van der Waals surface area (Å²) in [7, 11) is 0. The van der Waals surface area contributed by atoms with Gasteiger partial charge in [-0.1, -0.05) is 157 Å². The summed E-state index contributed by atoms with van der Waals surface area (Å²) < 4.78 is 464. The van der Waals surface area contributed by atoms with Crippen LogP contribution in [0.5, 0.6) is 69.0 Å². The molecule has 0 saturated heterocycles. The fraction of sp³-hybridized carbons (Fsp3) is 0.444. The van der Waals surface area contributed by atoms with Gasteiger partial charge in [-0.15, -0.1) is 0 Å². The quantitative estimate of drug-likeness (QED) is 0.00865. The molecule has 0 aromatic heterocycles. The summed E-state index contributed by atoms with van der Waals surface area (Å²) in [5.41, 5.74) is -14.6. The van der Waals surface area contributed by atoms with Crippen LogP contribution in [-0.2, 0) is 0 Å². The third-order valence-corrected chi connectivity index (χ3v) is 24.6. The first-order chi connectivity index (χ1) is 71.2. The van der Waals surface area contributed by atoms with Crippen molar-refractivity contribution in [2.45, 2.75) is 312 Å². The van der Waals surface area contributed by atoms with Gasteiger partial charge in [0.2, 0.25) is 69.8 Å². The Hall–Kier alpha value is -13.1. The Labute approximate surface area is 846 Å². The highest BCUT2D eigenvalue weighted by Crippen LogP contribution is 2.51. The largest absolute Gasteiger partial charge is 0.485 e. The van der Waals surface area contributed by atoms with Gasteiger partial charge in [-0.3, -0.25) is 0 Å². The lowest BCUT2D eigenvalue weighted by Crippen LogP contribution is -2.21. The number of unbranched alkanes of at least 4 members (excludes halogenated alkanes) is 18. The van der Waals surface area contributed by atoms with Crippen LogP contribution >= 0.6 is 0 Å². The Morgan fingerprint density at radius 3 is 0.380 bits per heavy atom. The number of halogens is 24. The molecule has 0 heterocycles. The lowest BCUT2D eigenvalue weighted by Gasteiger charge is -2.21. The van der Waals surface area contributed by atoms with E-state index in [0.717, 1.165) is 0 Å².